The van der Waals surface area contributed by atoms with E-state index in [1.54, 1.807) is 0 Å². The van der Waals surface area contributed by atoms with Gasteiger partial charge in [0.1, 0.15) is 0 Å². The lowest BCUT2D eigenvalue weighted by Crippen LogP contribution is -2.36. The molecule has 0 saturated heterocycles. The largest absolute Gasteiger partial charge is 0.369 e. The Morgan fingerprint density at radius 3 is 2.28 bits per heavy atom. The molecule has 1 N–H and O–H groups in total. The van der Waals surface area contributed by atoms with Crippen LogP contribution >= 0.6 is 0 Å². The highest BCUT2D eigenvalue weighted by molar-refractivity contribution is 5.54. The van der Waals surface area contributed by atoms with Crippen molar-refractivity contribution in [3.63, 3.8) is 0 Å². The Morgan fingerprint density at radius 1 is 1.17 bits per heavy atom. The zero-order valence-corrected chi connectivity index (χ0v) is 12.7. The molecule has 0 saturated carbocycles. The summed E-state index contributed by atoms with van der Waals surface area (Å²) < 4.78 is 0. The highest BCUT2D eigenvalue weighted by atomic mass is 15.1. The van der Waals surface area contributed by atoms with Crippen molar-refractivity contribution in [1.29, 1.82) is 0 Å². The second-order valence-electron chi connectivity index (χ2n) is 6.11. The van der Waals surface area contributed by atoms with Crippen LogP contribution in [0.3, 0.4) is 0 Å². The van der Waals surface area contributed by atoms with Gasteiger partial charge in [-0.15, -0.1) is 0 Å². The maximum atomic E-state index is 3.57. The highest BCUT2D eigenvalue weighted by Gasteiger charge is 2.14. The van der Waals surface area contributed by atoms with Crippen LogP contribution in [0.25, 0.3) is 0 Å². The van der Waals surface area contributed by atoms with Gasteiger partial charge in [-0.1, -0.05) is 18.2 Å². The van der Waals surface area contributed by atoms with Gasteiger partial charge < -0.3 is 10.2 Å². The number of nitrogens with zero attached hydrogens (tertiary/aromatic N) is 1. The van der Waals surface area contributed by atoms with E-state index < -0.39 is 0 Å². The SMILES string of the molecule is CCN(c1ccccc1CNC(C)(C)C)C(C)C. The molecule has 0 aliphatic rings. The summed E-state index contributed by atoms with van der Waals surface area (Å²) >= 11 is 0. The van der Waals surface area contributed by atoms with E-state index in [2.05, 4.69) is 76.0 Å². The summed E-state index contributed by atoms with van der Waals surface area (Å²) in [5, 5.41) is 3.57. The minimum absolute atomic E-state index is 0.155. The van der Waals surface area contributed by atoms with Crippen molar-refractivity contribution in [2.24, 2.45) is 0 Å². The lowest BCUT2D eigenvalue weighted by atomic mass is 10.1. The van der Waals surface area contributed by atoms with E-state index in [1.165, 1.54) is 11.3 Å². The van der Waals surface area contributed by atoms with E-state index in [-0.39, 0.29) is 5.54 Å². The van der Waals surface area contributed by atoms with E-state index in [0.717, 1.165) is 13.1 Å². The van der Waals surface area contributed by atoms with Crippen molar-refractivity contribution in [3.05, 3.63) is 29.8 Å². The summed E-state index contributed by atoms with van der Waals surface area (Å²) in [5.41, 5.74) is 2.89. The number of hydrogen-bond donors (Lipinski definition) is 1. The molecule has 102 valence electrons. The number of benzene rings is 1. The average Bonchev–Trinajstić information content (AvgIpc) is 2.27. The van der Waals surface area contributed by atoms with Crippen LogP contribution in [0.2, 0.25) is 0 Å². The van der Waals surface area contributed by atoms with Crippen LogP contribution in [-0.2, 0) is 6.54 Å². The van der Waals surface area contributed by atoms with Gasteiger partial charge in [0.15, 0.2) is 0 Å². The zero-order valence-electron chi connectivity index (χ0n) is 12.7. The molecule has 0 aliphatic heterocycles. The van der Waals surface area contributed by atoms with E-state index >= 15 is 0 Å². The fourth-order valence-corrected chi connectivity index (χ4v) is 2.11. The zero-order chi connectivity index (χ0) is 13.8. The first-order chi connectivity index (χ1) is 8.35. The number of rotatable bonds is 5. The first-order valence-corrected chi connectivity index (χ1v) is 6.94. The fraction of sp³-hybridized carbons (Fsp3) is 0.625. The molecule has 18 heavy (non-hydrogen) atoms. The highest BCUT2D eigenvalue weighted by Crippen LogP contribution is 2.22. The van der Waals surface area contributed by atoms with Gasteiger partial charge in [-0.25, -0.2) is 0 Å². The normalized spacial score (nSPS) is 11.9. The lowest BCUT2D eigenvalue weighted by molar-refractivity contribution is 0.424. The summed E-state index contributed by atoms with van der Waals surface area (Å²) in [7, 11) is 0. The summed E-state index contributed by atoms with van der Waals surface area (Å²) in [6.45, 7) is 15.3. The topological polar surface area (TPSA) is 15.3 Å². The molecule has 0 amide bonds. The number of hydrogen-bond acceptors (Lipinski definition) is 2. The van der Waals surface area contributed by atoms with Crippen molar-refractivity contribution >= 4 is 5.69 Å². The molecule has 0 heterocycles. The predicted octanol–water partition coefficient (Wildman–Crippen LogP) is 3.81. The third kappa shape index (κ3) is 4.34. The lowest BCUT2D eigenvalue weighted by Gasteiger charge is -2.30. The van der Waals surface area contributed by atoms with Gasteiger partial charge in [0.2, 0.25) is 0 Å². The van der Waals surface area contributed by atoms with Gasteiger partial charge in [-0.3, -0.25) is 0 Å². The molecule has 2 heteroatoms. The van der Waals surface area contributed by atoms with Gasteiger partial charge >= 0.3 is 0 Å². The third-order valence-corrected chi connectivity index (χ3v) is 3.07. The maximum Gasteiger partial charge on any atom is 0.0414 e. The Labute approximate surface area is 112 Å². The van der Waals surface area contributed by atoms with Gasteiger partial charge in [0, 0.05) is 30.4 Å². The molecular weight excluding hydrogens is 220 g/mol. The van der Waals surface area contributed by atoms with E-state index in [0.29, 0.717) is 6.04 Å². The van der Waals surface area contributed by atoms with Crippen LogP contribution in [0.5, 0.6) is 0 Å². The maximum absolute atomic E-state index is 3.57. The standard InChI is InChI=1S/C16H28N2/c1-7-18(13(2)3)15-11-9-8-10-14(15)12-17-16(4,5)6/h8-11,13,17H,7,12H2,1-6H3. The van der Waals surface area contributed by atoms with Crippen molar-refractivity contribution < 1.29 is 0 Å². The summed E-state index contributed by atoms with van der Waals surface area (Å²) in [6.07, 6.45) is 0. The molecule has 1 aromatic rings. The van der Waals surface area contributed by atoms with Crippen LogP contribution in [0.15, 0.2) is 24.3 Å². The molecule has 0 fully saturated rings. The molecular formula is C16H28N2. The smallest absolute Gasteiger partial charge is 0.0414 e. The van der Waals surface area contributed by atoms with E-state index in [1.807, 2.05) is 0 Å². The second kappa shape index (κ2) is 6.24. The van der Waals surface area contributed by atoms with E-state index in [9.17, 15) is 0 Å². The van der Waals surface area contributed by atoms with Crippen LogP contribution in [0.1, 0.15) is 47.1 Å². The molecule has 0 bridgehead atoms. The third-order valence-electron chi connectivity index (χ3n) is 3.07. The Kier molecular flexibility index (Phi) is 5.21. The van der Waals surface area contributed by atoms with E-state index in [4.69, 9.17) is 0 Å². The van der Waals surface area contributed by atoms with Crippen molar-refractivity contribution in [1.82, 2.24) is 5.32 Å². The first-order valence-electron chi connectivity index (χ1n) is 6.94. The molecule has 1 rings (SSSR count). The molecule has 0 unspecified atom stereocenters. The Morgan fingerprint density at radius 2 is 1.78 bits per heavy atom. The molecule has 0 aromatic heterocycles. The monoisotopic (exact) mass is 248 g/mol. The van der Waals surface area contributed by atoms with Crippen LogP contribution in [-0.4, -0.2) is 18.1 Å². The summed E-state index contributed by atoms with van der Waals surface area (Å²) in [6, 6.07) is 9.23. The average molecular weight is 248 g/mol. The fourth-order valence-electron chi connectivity index (χ4n) is 2.11. The van der Waals surface area contributed by atoms with Gasteiger partial charge in [-0.05, 0) is 53.2 Å². The first kappa shape index (κ1) is 15.0. The Bertz CT molecular complexity index is 364. The molecule has 0 spiro atoms. The quantitative estimate of drug-likeness (QED) is 0.852. The molecule has 0 atom stereocenters. The molecule has 2 nitrogen and oxygen atoms in total. The summed E-state index contributed by atoms with van der Waals surface area (Å²) in [5.74, 6) is 0. The summed E-state index contributed by atoms with van der Waals surface area (Å²) in [4.78, 5) is 2.44. The second-order valence-corrected chi connectivity index (χ2v) is 6.11. The van der Waals surface area contributed by atoms with Crippen LogP contribution in [0, 0.1) is 0 Å². The van der Waals surface area contributed by atoms with Gasteiger partial charge in [0.05, 0.1) is 0 Å². The van der Waals surface area contributed by atoms with Crippen LogP contribution < -0.4 is 10.2 Å². The van der Waals surface area contributed by atoms with Crippen molar-refractivity contribution in [2.45, 2.75) is 59.7 Å². The number of nitrogens with one attached hydrogen (secondary N) is 1. The minimum Gasteiger partial charge on any atom is -0.369 e. The minimum atomic E-state index is 0.155. The van der Waals surface area contributed by atoms with Crippen molar-refractivity contribution in [2.75, 3.05) is 11.4 Å². The van der Waals surface area contributed by atoms with Crippen molar-refractivity contribution in [3.8, 4) is 0 Å². The predicted molar refractivity (Wildman–Crippen MR) is 81.2 cm³/mol. The van der Waals surface area contributed by atoms with Gasteiger partial charge in [-0.2, -0.15) is 0 Å². The molecule has 1 aromatic carbocycles. The Balaban J connectivity index is 2.91. The number of para-hydroxylation sites is 1. The Hall–Kier alpha value is -1.02. The molecule has 0 radical (unpaired) electrons. The van der Waals surface area contributed by atoms with Gasteiger partial charge in [0.25, 0.3) is 0 Å². The molecule has 0 aliphatic carbocycles. The van der Waals surface area contributed by atoms with Crippen LogP contribution in [0.4, 0.5) is 5.69 Å². The number of anilines is 1.